The molecular formula is C17H10ClN7S. The number of anilines is 2. The summed E-state index contributed by atoms with van der Waals surface area (Å²) in [5, 5.41) is 24.1. The van der Waals surface area contributed by atoms with Crippen molar-refractivity contribution in [2.45, 2.75) is 0 Å². The zero-order valence-electron chi connectivity index (χ0n) is 13.1. The summed E-state index contributed by atoms with van der Waals surface area (Å²) in [6.45, 7) is 0. The Morgan fingerprint density at radius 3 is 3.04 bits per heavy atom. The first kappa shape index (κ1) is 16.2. The predicted octanol–water partition coefficient (Wildman–Crippen LogP) is 4.43. The molecule has 0 amide bonds. The highest BCUT2D eigenvalue weighted by molar-refractivity contribution is 7.12. The third-order valence-corrected chi connectivity index (χ3v) is 4.50. The molecule has 0 aliphatic carbocycles. The van der Waals surface area contributed by atoms with E-state index in [4.69, 9.17) is 11.6 Å². The Labute approximate surface area is 157 Å². The summed E-state index contributed by atoms with van der Waals surface area (Å²) in [6, 6.07) is 15.0. The lowest BCUT2D eigenvalue weighted by Gasteiger charge is -2.03. The maximum absolute atomic E-state index is 9.46. The first-order valence-electron chi connectivity index (χ1n) is 7.50. The molecule has 7 nitrogen and oxygen atoms in total. The van der Waals surface area contributed by atoms with Crippen molar-refractivity contribution in [2.24, 2.45) is 4.99 Å². The number of nitriles is 1. The molecule has 0 spiro atoms. The van der Waals surface area contributed by atoms with E-state index in [-0.39, 0.29) is 0 Å². The van der Waals surface area contributed by atoms with E-state index in [9.17, 15) is 5.26 Å². The number of aromatic amines is 1. The summed E-state index contributed by atoms with van der Waals surface area (Å²) in [4.78, 5) is 4.34. The minimum atomic E-state index is 0.317. The van der Waals surface area contributed by atoms with Crippen LogP contribution in [0.2, 0.25) is 5.02 Å². The molecule has 0 saturated carbocycles. The molecule has 0 saturated heterocycles. The molecule has 0 aliphatic rings. The van der Waals surface area contributed by atoms with E-state index < -0.39 is 0 Å². The van der Waals surface area contributed by atoms with E-state index in [1.807, 2.05) is 30.3 Å². The fourth-order valence-corrected chi connectivity index (χ4v) is 3.07. The van der Waals surface area contributed by atoms with Crippen LogP contribution in [-0.2, 0) is 0 Å². The molecule has 0 unspecified atom stereocenters. The Bertz CT molecular complexity index is 1160. The van der Waals surface area contributed by atoms with Crippen LogP contribution in [-0.4, -0.2) is 26.0 Å². The van der Waals surface area contributed by atoms with Crippen LogP contribution >= 0.6 is 23.1 Å². The van der Waals surface area contributed by atoms with Gasteiger partial charge in [0.25, 0.3) is 0 Å². The van der Waals surface area contributed by atoms with Crippen molar-refractivity contribution in [2.75, 3.05) is 5.32 Å². The highest BCUT2D eigenvalue weighted by Gasteiger charge is 2.12. The third-order valence-electron chi connectivity index (χ3n) is 3.56. The second kappa shape index (κ2) is 6.92. The average molecular weight is 380 g/mol. The van der Waals surface area contributed by atoms with Crippen LogP contribution in [0.15, 0.2) is 47.5 Å². The Balaban J connectivity index is 1.60. The van der Waals surface area contributed by atoms with E-state index in [2.05, 4.69) is 36.2 Å². The summed E-state index contributed by atoms with van der Waals surface area (Å²) >= 11 is 7.31. The van der Waals surface area contributed by atoms with Crippen molar-refractivity contribution in [1.82, 2.24) is 19.8 Å². The Kier molecular flexibility index (Phi) is 4.31. The maximum Gasteiger partial charge on any atom is 0.172 e. The van der Waals surface area contributed by atoms with Crippen LogP contribution < -0.4 is 5.32 Å². The minimum Gasteiger partial charge on any atom is -0.338 e. The zero-order chi connectivity index (χ0) is 17.9. The highest BCUT2D eigenvalue weighted by Crippen LogP contribution is 2.27. The van der Waals surface area contributed by atoms with E-state index in [0.717, 1.165) is 21.5 Å². The number of halogens is 1. The van der Waals surface area contributed by atoms with Gasteiger partial charge in [-0.15, -0.1) is 5.10 Å². The molecule has 2 N–H and O–H groups in total. The summed E-state index contributed by atoms with van der Waals surface area (Å²) in [5.74, 6) is 0.759. The summed E-state index contributed by atoms with van der Waals surface area (Å²) in [6.07, 6.45) is 1.65. The average Bonchev–Trinajstić information content (AvgIpc) is 3.26. The van der Waals surface area contributed by atoms with E-state index in [1.54, 1.807) is 18.3 Å². The number of benzene rings is 2. The second-order valence-corrected chi connectivity index (χ2v) is 6.52. The number of aliphatic imine (C=N–C) groups is 1. The van der Waals surface area contributed by atoms with Crippen molar-refractivity contribution >= 4 is 56.9 Å². The molecule has 2 heterocycles. The van der Waals surface area contributed by atoms with Gasteiger partial charge in [0.15, 0.2) is 11.6 Å². The zero-order valence-corrected chi connectivity index (χ0v) is 14.7. The third kappa shape index (κ3) is 3.26. The topological polar surface area (TPSA) is 103 Å². The quantitative estimate of drug-likeness (QED) is 0.510. The van der Waals surface area contributed by atoms with Crippen LogP contribution in [0.3, 0.4) is 0 Å². The SMILES string of the molecule is N#Cc1c(Nc2cccc(Cl)c2)n[nH]c1/N=C/c1ccc2snnc2c1. The van der Waals surface area contributed by atoms with Gasteiger partial charge < -0.3 is 5.32 Å². The summed E-state index contributed by atoms with van der Waals surface area (Å²) < 4.78 is 4.92. The summed E-state index contributed by atoms with van der Waals surface area (Å²) in [5.41, 5.74) is 2.72. The Hall–Kier alpha value is -3.28. The van der Waals surface area contributed by atoms with Gasteiger partial charge in [-0.2, -0.15) is 10.4 Å². The highest BCUT2D eigenvalue weighted by atomic mass is 35.5. The van der Waals surface area contributed by atoms with E-state index >= 15 is 0 Å². The van der Waals surface area contributed by atoms with Gasteiger partial charge in [0, 0.05) is 16.9 Å². The van der Waals surface area contributed by atoms with E-state index in [1.165, 1.54) is 11.5 Å². The molecule has 0 atom stereocenters. The lowest BCUT2D eigenvalue weighted by atomic mass is 10.2. The van der Waals surface area contributed by atoms with Crippen molar-refractivity contribution < 1.29 is 0 Å². The van der Waals surface area contributed by atoms with Crippen LogP contribution in [0.4, 0.5) is 17.3 Å². The number of hydrogen-bond donors (Lipinski definition) is 2. The molecule has 9 heteroatoms. The van der Waals surface area contributed by atoms with Gasteiger partial charge in [-0.25, -0.2) is 4.99 Å². The van der Waals surface area contributed by atoms with Crippen molar-refractivity contribution in [3.63, 3.8) is 0 Å². The van der Waals surface area contributed by atoms with Crippen molar-refractivity contribution in [3.8, 4) is 6.07 Å². The van der Waals surface area contributed by atoms with Crippen LogP contribution in [0.1, 0.15) is 11.1 Å². The van der Waals surface area contributed by atoms with Gasteiger partial charge in [-0.1, -0.05) is 28.2 Å². The normalized spacial score (nSPS) is 11.1. The van der Waals surface area contributed by atoms with Gasteiger partial charge in [0.05, 0.1) is 4.70 Å². The van der Waals surface area contributed by atoms with Crippen molar-refractivity contribution in [1.29, 1.82) is 5.26 Å². The number of nitrogens with zero attached hydrogens (tertiary/aromatic N) is 5. The molecule has 0 fully saturated rings. The first-order chi connectivity index (χ1) is 12.7. The van der Waals surface area contributed by atoms with Crippen LogP contribution in [0.25, 0.3) is 10.2 Å². The van der Waals surface area contributed by atoms with E-state index in [0.29, 0.717) is 22.2 Å². The molecule has 4 rings (SSSR count). The number of fused-ring (bicyclic) bond motifs is 1. The molecule has 26 heavy (non-hydrogen) atoms. The van der Waals surface area contributed by atoms with Gasteiger partial charge in [0.1, 0.15) is 17.1 Å². The molecular weight excluding hydrogens is 370 g/mol. The number of nitrogens with one attached hydrogen (secondary N) is 2. The number of aromatic nitrogens is 4. The van der Waals surface area contributed by atoms with Crippen LogP contribution in [0, 0.1) is 11.3 Å². The monoisotopic (exact) mass is 379 g/mol. The number of H-pyrrole nitrogens is 1. The van der Waals surface area contributed by atoms with Crippen LogP contribution in [0.5, 0.6) is 0 Å². The predicted molar refractivity (Wildman–Crippen MR) is 103 cm³/mol. The standard InChI is InChI=1S/C17H10ClN7S/c18-11-2-1-3-12(7-11)21-17-13(8-19)16(23-24-17)20-9-10-4-5-15-14(6-10)22-25-26-15/h1-7,9H,(H2,21,23,24)/b20-9+. The fraction of sp³-hybridized carbons (Fsp3) is 0. The lowest BCUT2D eigenvalue weighted by Crippen LogP contribution is -1.92. The van der Waals surface area contributed by atoms with Gasteiger partial charge >= 0.3 is 0 Å². The smallest absolute Gasteiger partial charge is 0.172 e. The van der Waals surface area contributed by atoms with Crippen molar-refractivity contribution in [3.05, 3.63) is 58.6 Å². The second-order valence-electron chi connectivity index (χ2n) is 5.30. The maximum atomic E-state index is 9.46. The molecule has 126 valence electrons. The summed E-state index contributed by atoms with van der Waals surface area (Å²) in [7, 11) is 0. The molecule has 2 aromatic carbocycles. The fourth-order valence-electron chi connectivity index (χ4n) is 2.34. The van der Waals surface area contributed by atoms with Gasteiger partial charge in [-0.05, 0) is 47.4 Å². The number of rotatable bonds is 4. The Morgan fingerprint density at radius 2 is 2.19 bits per heavy atom. The molecule has 2 aromatic heterocycles. The molecule has 0 bridgehead atoms. The van der Waals surface area contributed by atoms with Gasteiger partial charge in [-0.3, -0.25) is 5.10 Å². The molecule has 0 radical (unpaired) electrons. The molecule has 4 aromatic rings. The largest absolute Gasteiger partial charge is 0.338 e. The van der Waals surface area contributed by atoms with Gasteiger partial charge in [0.2, 0.25) is 0 Å². The minimum absolute atomic E-state index is 0.317. The first-order valence-corrected chi connectivity index (χ1v) is 8.65. The Morgan fingerprint density at radius 1 is 1.27 bits per heavy atom. The number of hydrogen-bond acceptors (Lipinski definition) is 7. The lowest BCUT2D eigenvalue weighted by molar-refractivity contribution is 1.09. The molecule has 0 aliphatic heterocycles.